The molecule has 1 aromatic rings. The van der Waals surface area contributed by atoms with Gasteiger partial charge in [-0.15, -0.1) is 0 Å². The zero-order valence-electron chi connectivity index (χ0n) is 12.9. The molecule has 0 saturated heterocycles. The number of nitrogens with one attached hydrogen (secondary N) is 1. The molecule has 0 radical (unpaired) electrons. The van der Waals surface area contributed by atoms with Gasteiger partial charge in [0.05, 0.1) is 18.1 Å². The molecule has 2 amide bonds. The predicted octanol–water partition coefficient (Wildman–Crippen LogP) is 2.30. The van der Waals surface area contributed by atoms with Crippen LogP contribution in [0, 0.1) is 11.3 Å². The second-order valence-corrected chi connectivity index (χ2v) is 5.30. The second kappa shape index (κ2) is 8.91. The van der Waals surface area contributed by atoms with Crippen molar-refractivity contribution in [1.29, 1.82) is 5.26 Å². The summed E-state index contributed by atoms with van der Waals surface area (Å²) in [5, 5.41) is 10.9. The molecule has 0 bridgehead atoms. The van der Waals surface area contributed by atoms with Crippen molar-refractivity contribution in [3.63, 3.8) is 0 Å². The molecule has 0 aromatic heterocycles. The van der Waals surface area contributed by atoms with Crippen LogP contribution in [0.1, 0.15) is 36.8 Å². The van der Waals surface area contributed by atoms with Crippen LogP contribution in [-0.2, 0) is 22.2 Å². The Bertz CT molecular complexity index is 624. The molecule has 1 rings (SSSR count). The maximum atomic E-state index is 12.6. The molecule has 0 unspecified atom stereocenters. The van der Waals surface area contributed by atoms with E-state index in [-0.39, 0.29) is 18.4 Å². The van der Waals surface area contributed by atoms with Gasteiger partial charge in [0.25, 0.3) is 0 Å². The number of amides is 2. The van der Waals surface area contributed by atoms with E-state index in [0.29, 0.717) is 19.3 Å². The molecule has 130 valence electrons. The van der Waals surface area contributed by atoms with Crippen molar-refractivity contribution in [2.45, 2.75) is 44.3 Å². The first-order valence-corrected chi connectivity index (χ1v) is 7.36. The number of hydrogen-bond donors (Lipinski definition) is 2. The number of primary amides is 1. The Morgan fingerprint density at radius 1 is 1.29 bits per heavy atom. The maximum absolute atomic E-state index is 12.6. The van der Waals surface area contributed by atoms with E-state index in [1.165, 1.54) is 12.1 Å². The average molecular weight is 341 g/mol. The second-order valence-electron chi connectivity index (χ2n) is 5.30. The summed E-state index contributed by atoms with van der Waals surface area (Å²) >= 11 is 0. The molecule has 3 N–H and O–H groups in total. The summed E-state index contributed by atoms with van der Waals surface area (Å²) in [7, 11) is 0. The van der Waals surface area contributed by atoms with E-state index in [1.807, 2.05) is 6.07 Å². The van der Waals surface area contributed by atoms with Crippen LogP contribution in [0.4, 0.5) is 13.2 Å². The summed E-state index contributed by atoms with van der Waals surface area (Å²) < 4.78 is 37.9. The lowest BCUT2D eigenvalue weighted by atomic mass is 10.1. The molecular weight excluding hydrogens is 323 g/mol. The van der Waals surface area contributed by atoms with Crippen molar-refractivity contribution < 1.29 is 22.8 Å². The molecule has 5 nitrogen and oxygen atoms in total. The van der Waals surface area contributed by atoms with Gasteiger partial charge in [0.2, 0.25) is 11.8 Å². The standard InChI is InChI=1S/C16H18F3N3O2/c17-16(18,19)12-6-4-5-11(9-12)10-14(23)22-13(15(21)24)7-2-1-3-8-20/h4-6,9,13H,1-3,7,10H2,(H2,21,24)(H,22,23)/t13-/m1/s1. The summed E-state index contributed by atoms with van der Waals surface area (Å²) in [6, 6.07) is 5.50. The number of halogens is 3. The van der Waals surface area contributed by atoms with E-state index >= 15 is 0 Å². The van der Waals surface area contributed by atoms with Gasteiger partial charge in [0.1, 0.15) is 6.04 Å². The minimum absolute atomic E-state index is 0.190. The highest BCUT2D eigenvalue weighted by Gasteiger charge is 2.30. The summed E-state index contributed by atoms with van der Waals surface area (Å²) in [5.74, 6) is -1.30. The molecular formula is C16H18F3N3O2. The van der Waals surface area contributed by atoms with Crippen LogP contribution in [0.15, 0.2) is 24.3 Å². The van der Waals surface area contributed by atoms with Crippen LogP contribution < -0.4 is 11.1 Å². The fraction of sp³-hybridized carbons (Fsp3) is 0.438. The molecule has 24 heavy (non-hydrogen) atoms. The Kier molecular flexibility index (Phi) is 7.24. The Morgan fingerprint density at radius 2 is 2.00 bits per heavy atom. The number of nitrogens with two attached hydrogens (primary N) is 1. The van der Waals surface area contributed by atoms with Crippen LogP contribution in [0.3, 0.4) is 0 Å². The van der Waals surface area contributed by atoms with Crippen LogP contribution in [0.25, 0.3) is 0 Å². The third-order valence-electron chi connectivity index (χ3n) is 3.33. The molecule has 0 saturated carbocycles. The first-order valence-electron chi connectivity index (χ1n) is 7.36. The van der Waals surface area contributed by atoms with Crippen molar-refractivity contribution in [3.8, 4) is 6.07 Å². The predicted molar refractivity (Wildman–Crippen MR) is 80.4 cm³/mol. The lowest BCUT2D eigenvalue weighted by Gasteiger charge is -2.15. The normalized spacial score (nSPS) is 12.2. The topological polar surface area (TPSA) is 96.0 Å². The third-order valence-corrected chi connectivity index (χ3v) is 3.33. The van der Waals surface area contributed by atoms with E-state index in [2.05, 4.69) is 5.32 Å². The van der Waals surface area contributed by atoms with Crippen LogP contribution >= 0.6 is 0 Å². The molecule has 0 aliphatic carbocycles. The van der Waals surface area contributed by atoms with Crippen LogP contribution in [0.5, 0.6) is 0 Å². The molecule has 1 aromatic carbocycles. The van der Waals surface area contributed by atoms with Gasteiger partial charge in [-0.3, -0.25) is 9.59 Å². The van der Waals surface area contributed by atoms with Crippen molar-refractivity contribution in [2.75, 3.05) is 0 Å². The van der Waals surface area contributed by atoms with Gasteiger partial charge in [0, 0.05) is 6.42 Å². The molecule has 0 heterocycles. The zero-order chi connectivity index (χ0) is 18.2. The number of nitriles is 1. The van der Waals surface area contributed by atoms with Gasteiger partial charge in [-0.05, 0) is 30.9 Å². The SMILES string of the molecule is N#CCCCC[C@@H](NC(=O)Cc1cccc(C(F)(F)F)c1)C(N)=O. The molecule has 0 spiro atoms. The zero-order valence-corrected chi connectivity index (χ0v) is 12.9. The number of carbonyl (C=O) groups is 2. The lowest BCUT2D eigenvalue weighted by molar-refractivity contribution is -0.137. The van der Waals surface area contributed by atoms with Crippen molar-refractivity contribution in [2.24, 2.45) is 5.73 Å². The number of rotatable bonds is 8. The van der Waals surface area contributed by atoms with Crippen molar-refractivity contribution >= 4 is 11.8 Å². The van der Waals surface area contributed by atoms with Crippen LogP contribution in [-0.4, -0.2) is 17.9 Å². The molecule has 1 atom stereocenters. The van der Waals surface area contributed by atoms with E-state index in [9.17, 15) is 22.8 Å². The summed E-state index contributed by atoms with van der Waals surface area (Å²) in [5.41, 5.74) is 4.56. The van der Waals surface area contributed by atoms with Crippen molar-refractivity contribution in [3.05, 3.63) is 35.4 Å². The van der Waals surface area contributed by atoms with E-state index in [1.54, 1.807) is 0 Å². The quantitative estimate of drug-likeness (QED) is 0.710. The number of nitrogens with zero attached hydrogens (tertiary/aromatic N) is 1. The molecule has 8 heteroatoms. The molecule has 0 aliphatic heterocycles. The number of alkyl halides is 3. The molecule has 0 fully saturated rings. The monoisotopic (exact) mass is 341 g/mol. The third kappa shape index (κ3) is 6.69. The Balaban J connectivity index is 2.63. The Hall–Kier alpha value is -2.56. The highest BCUT2D eigenvalue weighted by Crippen LogP contribution is 2.29. The smallest absolute Gasteiger partial charge is 0.368 e. The van der Waals surface area contributed by atoms with Gasteiger partial charge in [-0.1, -0.05) is 18.2 Å². The highest BCUT2D eigenvalue weighted by atomic mass is 19.4. The Morgan fingerprint density at radius 3 is 2.58 bits per heavy atom. The van der Waals surface area contributed by atoms with Crippen molar-refractivity contribution in [1.82, 2.24) is 5.32 Å². The summed E-state index contributed by atoms with van der Waals surface area (Å²) in [4.78, 5) is 23.3. The van der Waals surface area contributed by atoms with Gasteiger partial charge in [0.15, 0.2) is 0 Å². The van der Waals surface area contributed by atoms with Crippen LogP contribution in [0.2, 0.25) is 0 Å². The number of unbranched alkanes of at least 4 members (excludes halogenated alkanes) is 2. The first-order chi connectivity index (χ1) is 11.2. The number of carbonyl (C=O) groups excluding carboxylic acids is 2. The Labute approximate surface area is 137 Å². The molecule has 0 aliphatic rings. The van der Waals surface area contributed by atoms with Gasteiger partial charge >= 0.3 is 6.18 Å². The average Bonchev–Trinajstić information content (AvgIpc) is 2.49. The largest absolute Gasteiger partial charge is 0.416 e. The fourth-order valence-electron chi connectivity index (χ4n) is 2.13. The highest BCUT2D eigenvalue weighted by molar-refractivity contribution is 5.87. The summed E-state index contributed by atoms with van der Waals surface area (Å²) in [6.07, 6.45) is -3.04. The van der Waals surface area contributed by atoms with E-state index < -0.39 is 29.6 Å². The van der Waals surface area contributed by atoms with E-state index in [4.69, 9.17) is 11.0 Å². The maximum Gasteiger partial charge on any atom is 0.416 e. The van der Waals surface area contributed by atoms with Gasteiger partial charge in [-0.2, -0.15) is 18.4 Å². The summed E-state index contributed by atoms with van der Waals surface area (Å²) in [6.45, 7) is 0. The first kappa shape index (κ1) is 19.5. The number of benzene rings is 1. The minimum Gasteiger partial charge on any atom is -0.368 e. The number of hydrogen-bond acceptors (Lipinski definition) is 3. The van der Waals surface area contributed by atoms with Gasteiger partial charge in [-0.25, -0.2) is 0 Å². The minimum atomic E-state index is -4.48. The fourth-order valence-corrected chi connectivity index (χ4v) is 2.13. The lowest BCUT2D eigenvalue weighted by Crippen LogP contribution is -2.45. The van der Waals surface area contributed by atoms with E-state index in [0.717, 1.165) is 12.1 Å². The van der Waals surface area contributed by atoms with Gasteiger partial charge < -0.3 is 11.1 Å².